The van der Waals surface area contributed by atoms with Crippen molar-refractivity contribution in [1.29, 1.82) is 0 Å². The summed E-state index contributed by atoms with van der Waals surface area (Å²) in [6.07, 6.45) is 26.3. The second-order valence-electron chi connectivity index (χ2n) is 16.4. The van der Waals surface area contributed by atoms with Gasteiger partial charge < -0.3 is 9.45 Å². The zero-order valence-corrected chi connectivity index (χ0v) is 34.6. The van der Waals surface area contributed by atoms with Crippen molar-refractivity contribution in [2.45, 2.75) is 142 Å². The van der Waals surface area contributed by atoms with E-state index in [1.807, 2.05) is 6.07 Å². The molecule has 0 bridgehead atoms. The Labute approximate surface area is 326 Å². The summed E-state index contributed by atoms with van der Waals surface area (Å²) in [7, 11) is -4.22. The van der Waals surface area contributed by atoms with Crippen LogP contribution in [-0.2, 0) is 20.9 Å². The molecule has 2 heterocycles. The van der Waals surface area contributed by atoms with Crippen LogP contribution in [0.3, 0.4) is 0 Å². The van der Waals surface area contributed by atoms with Crippen molar-refractivity contribution in [3.8, 4) is 0 Å². The Bertz CT molecular complexity index is 1850. The van der Waals surface area contributed by atoms with Crippen molar-refractivity contribution in [2.75, 3.05) is 23.7 Å². The first-order valence-electron chi connectivity index (χ1n) is 20.4. The summed E-state index contributed by atoms with van der Waals surface area (Å²) in [6.45, 7) is 13.1. The fourth-order valence-corrected chi connectivity index (χ4v) is 9.51. The monoisotopic (exact) mass is 758 g/mol. The molecule has 0 N–H and O–H groups in total. The number of benzene rings is 2. The minimum Gasteiger partial charge on any atom is -0.748 e. The van der Waals surface area contributed by atoms with E-state index in [-0.39, 0.29) is 16.6 Å². The highest BCUT2D eigenvalue weighted by atomic mass is 35.5. The standard InChI is InChI=1S/C46H63ClN2O3S/c1-6-7-8-9-10-11-12-13-14-19-33-48-40-27-17-15-25-38(40)45(2,3)42(48)31-29-36-23-22-24-37(44(36)47)30-32-43-46(4,5)39-26-16-18-28-41(39)49(43)34-20-21-35-53(50,51)52/h15-18,25-32H,6-14,19-24,33-35H2,1-5H3. The highest BCUT2D eigenvalue weighted by Gasteiger charge is 2.44. The first-order chi connectivity index (χ1) is 25.4. The van der Waals surface area contributed by atoms with E-state index in [1.165, 1.54) is 92.3 Å². The molecule has 5 nitrogen and oxygen atoms in total. The molecule has 7 heteroatoms. The summed E-state index contributed by atoms with van der Waals surface area (Å²) in [4.78, 5) is 2.30. The lowest BCUT2D eigenvalue weighted by atomic mass is 9.81. The molecule has 0 radical (unpaired) electrons. The quantitative estimate of drug-likeness (QED) is 0.0813. The number of unbranched alkanes of at least 4 members (excludes halogenated alkanes) is 10. The summed E-state index contributed by atoms with van der Waals surface area (Å²) < 4.78 is 36.3. The highest BCUT2D eigenvalue weighted by Crippen LogP contribution is 2.48. The van der Waals surface area contributed by atoms with Gasteiger partial charge in [0.05, 0.1) is 15.5 Å². The molecule has 2 aliphatic heterocycles. The van der Waals surface area contributed by atoms with Gasteiger partial charge >= 0.3 is 0 Å². The van der Waals surface area contributed by atoms with Gasteiger partial charge in [0, 0.05) is 58.3 Å². The van der Waals surface area contributed by atoms with E-state index in [9.17, 15) is 13.0 Å². The minimum atomic E-state index is -4.22. The molecule has 0 fully saturated rings. The van der Waals surface area contributed by atoms with Crippen LogP contribution < -0.4 is 4.90 Å². The van der Waals surface area contributed by atoms with Crippen LogP contribution in [0.4, 0.5) is 11.4 Å². The average molecular weight is 760 g/mol. The van der Waals surface area contributed by atoms with Crippen molar-refractivity contribution in [3.63, 3.8) is 0 Å². The lowest BCUT2D eigenvalue weighted by molar-refractivity contribution is -0.438. The highest BCUT2D eigenvalue weighted by molar-refractivity contribution is 7.85. The molecular formula is C46H63ClN2O3S. The van der Waals surface area contributed by atoms with Crippen LogP contribution in [-0.4, -0.2) is 42.1 Å². The number of allylic oxidation sites excluding steroid dienone is 8. The van der Waals surface area contributed by atoms with E-state index < -0.39 is 10.1 Å². The lowest BCUT2D eigenvalue weighted by Gasteiger charge is -2.27. The summed E-state index contributed by atoms with van der Waals surface area (Å²) >= 11 is 7.25. The second-order valence-corrected chi connectivity index (χ2v) is 18.3. The molecule has 5 rings (SSSR count). The van der Waals surface area contributed by atoms with Gasteiger partial charge in [-0.25, -0.2) is 8.42 Å². The Morgan fingerprint density at radius 3 is 2.11 bits per heavy atom. The predicted molar refractivity (Wildman–Crippen MR) is 224 cm³/mol. The Morgan fingerprint density at radius 2 is 1.42 bits per heavy atom. The molecule has 0 spiro atoms. The molecule has 2 aromatic rings. The van der Waals surface area contributed by atoms with E-state index in [1.54, 1.807) is 0 Å². The summed E-state index contributed by atoms with van der Waals surface area (Å²) in [5.41, 5.74) is 9.62. The molecule has 0 amide bonds. The van der Waals surface area contributed by atoms with Crippen molar-refractivity contribution >= 4 is 38.8 Å². The maximum absolute atomic E-state index is 11.2. The largest absolute Gasteiger partial charge is 0.748 e. The number of rotatable bonds is 19. The molecule has 288 valence electrons. The van der Waals surface area contributed by atoms with Crippen molar-refractivity contribution < 1.29 is 17.5 Å². The molecule has 0 atom stereocenters. The molecular weight excluding hydrogens is 696 g/mol. The number of anilines is 1. The van der Waals surface area contributed by atoms with Gasteiger partial charge in [-0.3, -0.25) is 0 Å². The third kappa shape index (κ3) is 10.2. The lowest BCUT2D eigenvalue weighted by Crippen LogP contribution is -2.28. The molecule has 0 saturated heterocycles. The molecule has 1 aliphatic carbocycles. The van der Waals surface area contributed by atoms with E-state index in [4.69, 9.17) is 11.6 Å². The summed E-state index contributed by atoms with van der Waals surface area (Å²) in [5, 5.41) is 0.847. The molecule has 2 aromatic carbocycles. The number of halogens is 1. The topological polar surface area (TPSA) is 63.5 Å². The van der Waals surface area contributed by atoms with Gasteiger partial charge in [-0.1, -0.05) is 132 Å². The Hall–Kier alpha value is -2.93. The summed E-state index contributed by atoms with van der Waals surface area (Å²) in [5.74, 6) is -0.328. The third-order valence-electron chi connectivity index (χ3n) is 11.7. The van der Waals surface area contributed by atoms with Gasteiger partial charge in [-0.05, 0) is 81.2 Å². The molecule has 53 heavy (non-hydrogen) atoms. The second kappa shape index (κ2) is 18.6. The van der Waals surface area contributed by atoms with Crippen LogP contribution in [0.2, 0.25) is 0 Å². The van der Waals surface area contributed by atoms with Crippen LogP contribution in [0.25, 0.3) is 0 Å². The Balaban J connectivity index is 1.34. The first-order valence-corrected chi connectivity index (χ1v) is 22.4. The predicted octanol–water partition coefficient (Wildman–Crippen LogP) is 12.2. The van der Waals surface area contributed by atoms with E-state index >= 15 is 0 Å². The number of hydrogen-bond acceptors (Lipinski definition) is 4. The molecule has 3 aliphatic rings. The zero-order valence-electron chi connectivity index (χ0n) is 33.1. The first kappa shape index (κ1) is 41.2. The smallest absolute Gasteiger partial charge is 0.209 e. The third-order valence-corrected chi connectivity index (χ3v) is 13.0. The number of para-hydroxylation sites is 2. The molecule has 0 saturated carbocycles. The van der Waals surface area contributed by atoms with Gasteiger partial charge in [0.15, 0.2) is 5.71 Å². The van der Waals surface area contributed by atoms with E-state index in [0.717, 1.165) is 47.8 Å². The Morgan fingerprint density at radius 1 is 0.774 bits per heavy atom. The number of fused-ring (bicyclic) bond motifs is 2. The van der Waals surface area contributed by atoms with Crippen molar-refractivity contribution in [1.82, 2.24) is 0 Å². The fraction of sp³-hybridized carbons (Fsp3) is 0.543. The number of nitrogens with zero attached hydrogens (tertiary/aromatic N) is 2. The maximum atomic E-state index is 11.2. The van der Waals surface area contributed by atoms with E-state index in [2.05, 4.69) is 111 Å². The van der Waals surface area contributed by atoms with Crippen LogP contribution in [0, 0.1) is 0 Å². The molecule has 0 aromatic heterocycles. The molecule has 0 unspecified atom stereocenters. The maximum Gasteiger partial charge on any atom is 0.209 e. The van der Waals surface area contributed by atoms with Gasteiger partial charge in [0.2, 0.25) is 5.69 Å². The number of hydrogen-bond donors (Lipinski definition) is 0. The van der Waals surface area contributed by atoms with Gasteiger partial charge in [0.1, 0.15) is 6.54 Å². The Kier molecular flexibility index (Phi) is 14.5. The van der Waals surface area contributed by atoms with Crippen molar-refractivity contribution in [3.05, 3.63) is 106 Å². The minimum absolute atomic E-state index is 0.0965. The normalized spacial score (nSPS) is 19.6. The van der Waals surface area contributed by atoms with E-state index in [0.29, 0.717) is 19.4 Å². The summed E-state index contributed by atoms with van der Waals surface area (Å²) in [6, 6.07) is 17.3. The zero-order chi connectivity index (χ0) is 38.1. The van der Waals surface area contributed by atoms with Gasteiger partial charge in [-0.15, -0.1) is 0 Å². The van der Waals surface area contributed by atoms with Crippen LogP contribution in [0.1, 0.15) is 142 Å². The van der Waals surface area contributed by atoms with Gasteiger partial charge in [-0.2, -0.15) is 4.58 Å². The van der Waals surface area contributed by atoms with Gasteiger partial charge in [0.25, 0.3) is 0 Å². The average Bonchev–Trinajstić information content (AvgIpc) is 3.47. The van der Waals surface area contributed by atoms with Crippen LogP contribution in [0.15, 0.2) is 94.7 Å². The fourth-order valence-electron chi connectivity index (χ4n) is 8.64. The van der Waals surface area contributed by atoms with Crippen molar-refractivity contribution in [2.24, 2.45) is 0 Å². The SMILES string of the molecule is CCCCCCCCCCCC[N+]1=C(/C=C/C2=C(Cl)C(=C\C=C3/N(CCCCS(=O)(=O)[O-])c4ccccc4C3(C)C)/CCC2)C(C)(C)c2ccccc21. The van der Waals surface area contributed by atoms with Crippen LogP contribution in [0.5, 0.6) is 0 Å². The van der Waals surface area contributed by atoms with Crippen LogP contribution >= 0.6 is 11.6 Å².